The molecule has 7 nitrogen and oxygen atoms in total. The van der Waals surface area contributed by atoms with Crippen molar-refractivity contribution in [3.05, 3.63) is 16.3 Å². The van der Waals surface area contributed by atoms with Crippen LogP contribution in [-0.2, 0) is 11.8 Å². The Bertz CT molecular complexity index is 367. The van der Waals surface area contributed by atoms with Crippen LogP contribution in [0.5, 0.6) is 0 Å². The first kappa shape index (κ1) is 10.5. The predicted octanol–water partition coefficient (Wildman–Crippen LogP) is -1.52. The van der Waals surface area contributed by atoms with Gasteiger partial charge in [-0.1, -0.05) is 0 Å². The van der Waals surface area contributed by atoms with Crippen LogP contribution < -0.4 is 11.0 Å². The third-order valence-corrected chi connectivity index (χ3v) is 1.58. The van der Waals surface area contributed by atoms with Gasteiger partial charge in [0.15, 0.2) is 0 Å². The fourth-order valence-electron chi connectivity index (χ4n) is 0.855. The minimum Gasteiger partial charge on any atom is -0.383 e. The van der Waals surface area contributed by atoms with E-state index < -0.39 is 11.6 Å². The van der Waals surface area contributed by atoms with Crippen molar-refractivity contribution in [1.29, 1.82) is 0 Å². The van der Waals surface area contributed by atoms with E-state index in [2.05, 4.69) is 15.4 Å². The van der Waals surface area contributed by atoms with Crippen molar-refractivity contribution < 1.29 is 9.53 Å². The Labute approximate surface area is 80.1 Å². The van der Waals surface area contributed by atoms with Gasteiger partial charge in [-0.15, -0.1) is 5.10 Å². The molecule has 14 heavy (non-hydrogen) atoms. The number of nitrogens with zero attached hydrogens (tertiary/aromatic N) is 2. The highest BCUT2D eigenvalue weighted by molar-refractivity contribution is 5.90. The largest absolute Gasteiger partial charge is 0.383 e. The smallest absolute Gasteiger partial charge is 0.343 e. The maximum absolute atomic E-state index is 11.3. The summed E-state index contributed by atoms with van der Waals surface area (Å²) in [5.41, 5.74) is -0.415. The average molecular weight is 200 g/mol. The molecular weight excluding hydrogens is 188 g/mol. The number of methoxy groups -OCH3 is 1. The molecule has 7 heteroatoms. The second-order valence-electron chi connectivity index (χ2n) is 2.65. The highest BCUT2D eigenvalue weighted by Crippen LogP contribution is 1.82. The van der Waals surface area contributed by atoms with Crippen LogP contribution in [0.15, 0.2) is 4.79 Å². The molecule has 78 valence electrons. The van der Waals surface area contributed by atoms with E-state index in [0.29, 0.717) is 13.2 Å². The summed E-state index contributed by atoms with van der Waals surface area (Å²) in [6, 6.07) is 0. The average Bonchev–Trinajstić information content (AvgIpc) is 2.47. The third kappa shape index (κ3) is 2.43. The molecule has 0 bridgehead atoms. The van der Waals surface area contributed by atoms with Crippen LogP contribution in [-0.4, -0.2) is 40.9 Å². The number of rotatable bonds is 4. The molecule has 0 saturated carbocycles. The van der Waals surface area contributed by atoms with Crippen molar-refractivity contribution in [3.8, 4) is 0 Å². The number of carbonyl (C=O) groups excluding carboxylic acids is 1. The molecule has 0 aliphatic rings. The van der Waals surface area contributed by atoms with Gasteiger partial charge in [-0.05, 0) is 0 Å². The number of ether oxygens (including phenoxy) is 1. The number of aromatic amines is 1. The fourth-order valence-corrected chi connectivity index (χ4v) is 0.855. The SMILES string of the molecule is COCCNC(=O)c1nn(C)c(=O)[nH]1. The second kappa shape index (κ2) is 4.56. The van der Waals surface area contributed by atoms with Crippen LogP contribution in [0.4, 0.5) is 0 Å². The second-order valence-corrected chi connectivity index (χ2v) is 2.65. The number of hydrogen-bond donors (Lipinski definition) is 2. The molecule has 1 aromatic heterocycles. The molecule has 2 N–H and O–H groups in total. The van der Waals surface area contributed by atoms with Crippen molar-refractivity contribution in [2.75, 3.05) is 20.3 Å². The highest BCUT2D eigenvalue weighted by Gasteiger charge is 2.10. The zero-order valence-corrected chi connectivity index (χ0v) is 8.03. The summed E-state index contributed by atoms with van der Waals surface area (Å²) >= 11 is 0. The van der Waals surface area contributed by atoms with Crippen molar-refractivity contribution >= 4 is 5.91 Å². The number of amides is 1. The summed E-state index contributed by atoms with van der Waals surface area (Å²) in [6.07, 6.45) is 0. The molecule has 0 aromatic carbocycles. The van der Waals surface area contributed by atoms with Crippen molar-refractivity contribution in [2.24, 2.45) is 7.05 Å². The first-order valence-electron chi connectivity index (χ1n) is 4.05. The highest BCUT2D eigenvalue weighted by atomic mass is 16.5. The number of nitrogens with one attached hydrogen (secondary N) is 2. The van der Waals surface area contributed by atoms with Gasteiger partial charge >= 0.3 is 5.69 Å². The molecular formula is C7H12N4O3. The topological polar surface area (TPSA) is 89.0 Å². The molecule has 0 aliphatic carbocycles. The molecule has 1 amide bonds. The van der Waals surface area contributed by atoms with E-state index in [1.807, 2.05) is 0 Å². The van der Waals surface area contributed by atoms with Crippen LogP contribution in [0.1, 0.15) is 10.6 Å². The molecule has 0 aliphatic heterocycles. The minimum absolute atomic E-state index is 0.00797. The Hall–Kier alpha value is -1.63. The fraction of sp³-hybridized carbons (Fsp3) is 0.571. The lowest BCUT2D eigenvalue weighted by Crippen LogP contribution is -2.28. The maximum Gasteiger partial charge on any atom is 0.343 e. The standard InChI is InChI=1S/C7H12N4O3/c1-11-7(13)9-5(10-11)6(12)8-3-4-14-2/h3-4H2,1-2H3,(H,8,12)(H,9,10,13). The van der Waals surface area contributed by atoms with Crippen LogP contribution >= 0.6 is 0 Å². The van der Waals surface area contributed by atoms with Crippen LogP contribution in [0.2, 0.25) is 0 Å². The molecule has 0 fully saturated rings. The number of H-pyrrole nitrogens is 1. The van der Waals surface area contributed by atoms with Gasteiger partial charge in [0.25, 0.3) is 5.91 Å². The number of carbonyl (C=O) groups is 1. The van der Waals surface area contributed by atoms with E-state index in [9.17, 15) is 9.59 Å². The van der Waals surface area contributed by atoms with Crippen LogP contribution in [0, 0.1) is 0 Å². The molecule has 1 heterocycles. The summed E-state index contributed by atoms with van der Waals surface area (Å²) in [7, 11) is 3.00. The van der Waals surface area contributed by atoms with E-state index in [4.69, 9.17) is 4.74 Å². The Morgan fingerprint density at radius 2 is 2.43 bits per heavy atom. The predicted molar refractivity (Wildman–Crippen MR) is 48.0 cm³/mol. The summed E-state index contributed by atoms with van der Waals surface area (Å²) in [5.74, 6) is -0.409. The van der Waals surface area contributed by atoms with E-state index in [1.54, 1.807) is 0 Å². The van der Waals surface area contributed by atoms with Gasteiger partial charge in [0.1, 0.15) is 0 Å². The molecule has 0 atom stereocenters. The van der Waals surface area contributed by atoms with E-state index >= 15 is 0 Å². The van der Waals surface area contributed by atoms with Gasteiger partial charge in [0, 0.05) is 20.7 Å². The quantitative estimate of drug-likeness (QED) is 0.578. The lowest BCUT2D eigenvalue weighted by atomic mass is 10.5. The maximum atomic E-state index is 11.3. The van der Waals surface area contributed by atoms with Gasteiger partial charge in [-0.25, -0.2) is 9.48 Å². The molecule has 0 radical (unpaired) electrons. The molecule has 0 saturated heterocycles. The number of aromatic nitrogens is 3. The Morgan fingerprint density at radius 3 is 2.93 bits per heavy atom. The van der Waals surface area contributed by atoms with Gasteiger partial charge in [-0.2, -0.15) is 0 Å². The minimum atomic E-state index is -0.417. The summed E-state index contributed by atoms with van der Waals surface area (Å²) < 4.78 is 5.81. The number of aryl methyl sites for hydroxylation is 1. The lowest BCUT2D eigenvalue weighted by molar-refractivity contribution is 0.0926. The van der Waals surface area contributed by atoms with Gasteiger partial charge in [0.2, 0.25) is 5.82 Å². The third-order valence-electron chi connectivity index (χ3n) is 1.58. The van der Waals surface area contributed by atoms with Crippen molar-refractivity contribution in [2.45, 2.75) is 0 Å². The van der Waals surface area contributed by atoms with Gasteiger partial charge < -0.3 is 10.1 Å². The summed E-state index contributed by atoms with van der Waals surface area (Å²) in [4.78, 5) is 24.5. The van der Waals surface area contributed by atoms with E-state index in [1.165, 1.54) is 14.2 Å². The van der Waals surface area contributed by atoms with Crippen molar-refractivity contribution in [3.63, 3.8) is 0 Å². The molecule has 0 unspecified atom stereocenters. The normalized spacial score (nSPS) is 10.1. The molecule has 0 spiro atoms. The summed E-state index contributed by atoms with van der Waals surface area (Å²) in [5, 5.41) is 6.22. The van der Waals surface area contributed by atoms with Crippen molar-refractivity contribution in [1.82, 2.24) is 20.1 Å². The van der Waals surface area contributed by atoms with Gasteiger partial charge in [-0.3, -0.25) is 9.78 Å². The molecule has 1 aromatic rings. The molecule has 1 rings (SSSR count). The van der Waals surface area contributed by atoms with Crippen LogP contribution in [0.25, 0.3) is 0 Å². The monoisotopic (exact) mass is 200 g/mol. The van der Waals surface area contributed by atoms with E-state index in [-0.39, 0.29) is 5.82 Å². The Kier molecular flexibility index (Phi) is 3.41. The van der Waals surface area contributed by atoms with Crippen LogP contribution in [0.3, 0.4) is 0 Å². The Morgan fingerprint density at radius 1 is 1.71 bits per heavy atom. The Balaban J connectivity index is 2.57. The lowest BCUT2D eigenvalue weighted by Gasteiger charge is -2.00. The summed E-state index contributed by atoms with van der Waals surface area (Å²) in [6.45, 7) is 0.802. The number of hydrogen-bond acceptors (Lipinski definition) is 4. The zero-order chi connectivity index (χ0) is 10.6. The van der Waals surface area contributed by atoms with Gasteiger partial charge in [0.05, 0.1) is 6.61 Å². The zero-order valence-electron chi connectivity index (χ0n) is 8.03. The first-order chi connectivity index (χ1) is 6.65. The van der Waals surface area contributed by atoms with E-state index in [0.717, 1.165) is 4.68 Å². The first-order valence-corrected chi connectivity index (χ1v) is 4.05.